The molecule has 0 unspecified atom stereocenters. The molecule has 1 N–H and O–H groups in total. The fraction of sp³-hybridized carbons (Fsp3) is 0.462. The summed E-state index contributed by atoms with van der Waals surface area (Å²) < 4.78 is 49.9. The number of benzene rings is 1. The minimum atomic E-state index is -4.37. The van der Waals surface area contributed by atoms with Gasteiger partial charge in [0.05, 0.1) is 20.8 Å². The van der Waals surface area contributed by atoms with E-state index in [1.807, 2.05) is 0 Å². The molecule has 21 heavy (non-hydrogen) atoms. The molecule has 5 nitrogen and oxygen atoms in total. The normalized spacial score (nSPS) is 11.1. The number of alkyl halides is 3. The van der Waals surface area contributed by atoms with Gasteiger partial charge in [0.2, 0.25) is 0 Å². The van der Waals surface area contributed by atoms with E-state index in [4.69, 9.17) is 9.47 Å². The third-order valence-corrected chi connectivity index (χ3v) is 2.41. The zero-order valence-corrected chi connectivity index (χ0v) is 11.6. The number of amides is 1. The van der Waals surface area contributed by atoms with Crippen molar-refractivity contribution in [3.8, 4) is 11.5 Å². The van der Waals surface area contributed by atoms with E-state index >= 15 is 0 Å². The lowest BCUT2D eigenvalue weighted by molar-refractivity contribution is -0.173. The monoisotopic (exact) mass is 307 g/mol. The number of rotatable bonds is 7. The Morgan fingerprint density at radius 1 is 1.14 bits per heavy atom. The quantitative estimate of drug-likeness (QED) is 0.783. The molecular weight excluding hydrogens is 291 g/mol. The molecule has 118 valence electrons. The van der Waals surface area contributed by atoms with E-state index in [2.05, 4.69) is 10.1 Å². The first-order valence-corrected chi connectivity index (χ1v) is 6.01. The van der Waals surface area contributed by atoms with Crippen LogP contribution in [0.1, 0.15) is 10.4 Å². The van der Waals surface area contributed by atoms with E-state index in [1.54, 1.807) is 6.07 Å². The Labute approximate surface area is 120 Å². The van der Waals surface area contributed by atoms with Crippen molar-refractivity contribution in [1.29, 1.82) is 0 Å². The van der Waals surface area contributed by atoms with Crippen LogP contribution < -0.4 is 14.8 Å². The number of halogens is 3. The maximum atomic E-state index is 11.8. The molecular formula is C13H16F3NO4. The minimum absolute atomic E-state index is 0.0333. The van der Waals surface area contributed by atoms with E-state index in [1.165, 1.54) is 26.4 Å². The van der Waals surface area contributed by atoms with E-state index < -0.39 is 18.7 Å². The van der Waals surface area contributed by atoms with Gasteiger partial charge in [0.1, 0.15) is 18.1 Å². The molecule has 1 aromatic rings. The molecule has 1 aromatic carbocycles. The van der Waals surface area contributed by atoms with Gasteiger partial charge in [-0.1, -0.05) is 0 Å². The molecule has 0 atom stereocenters. The third kappa shape index (κ3) is 6.35. The van der Waals surface area contributed by atoms with Crippen LogP contribution in [0.2, 0.25) is 0 Å². The van der Waals surface area contributed by atoms with Gasteiger partial charge < -0.3 is 19.5 Å². The first-order valence-electron chi connectivity index (χ1n) is 6.01. The van der Waals surface area contributed by atoms with Crippen molar-refractivity contribution in [2.24, 2.45) is 0 Å². The molecule has 0 saturated heterocycles. The Bertz CT molecular complexity index is 455. The first kappa shape index (κ1) is 17.1. The summed E-state index contributed by atoms with van der Waals surface area (Å²) in [5.41, 5.74) is 0.280. The first-order chi connectivity index (χ1) is 9.85. The predicted molar refractivity (Wildman–Crippen MR) is 68.8 cm³/mol. The van der Waals surface area contributed by atoms with Crippen LogP contribution in [0.3, 0.4) is 0 Å². The highest BCUT2D eigenvalue weighted by molar-refractivity contribution is 5.95. The highest BCUT2D eigenvalue weighted by atomic mass is 19.4. The molecule has 0 aliphatic heterocycles. The van der Waals surface area contributed by atoms with E-state index in [-0.39, 0.29) is 18.7 Å². The number of hydrogen-bond donors (Lipinski definition) is 1. The standard InChI is InChI=1S/C13H16F3NO4/c1-19-10-5-9(6-11(7-10)20-2)12(18)17-3-4-21-8-13(14,15)16/h5-7H,3-4,8H2,1-2H3,(H,17,18). The Morgan fingerprint density at radius 3 is 2.19 bits per heavy atom. The molecule has 0 heterocycles. The zero-order chi connectivity index (χ0) is 15.9. The largest absolute Gasteiger partial charge is 0.497 e. The maximum Gasteiger partial charge on any atom is 0.411 e. The van der Waals surface area contributed by atoms with Gasteiger partial charge in [-0.15, -0.1) is 0 Å². The van der Waals surface area contributed by atoms with E-state index in [0.29, 0.717) is 11.5 Å². The smallest absolute Gasteiger partial charge is 0.411 e. The van der Waals surface area contributed by atoms with Crippen LogP contribution in [0.25, 0.3) is 0 Å². The summed E-state index contributed by atoms with van der Waals surface area (Å²) in [6.07, 6.45) is -4.37. The molecule has 1 amide bonds. The molecule has 0 saturated carbocycles. The van der Waals surface area contributed by atoms with Crippen molar-refractivity contribution >= 4 is 5.91 Å². The van der Waals surface area contributed by atoms with Gasteiger partial charge in [-0.25, -0.2) is 0 Å². The Kier molecular flexibility index (Phi) is 6.29. The Balaban J connectivity index is 2.48. The van der Waals surface area contributed by atoms with Crippen LogP contribution in [-0.4, -0.2) is 46.1 Å². The van der Waals surface area contributed by atoms with Crippen LogP contribution in [0.5, 0.6) is 11.5 Å². The van der Waals surface area contributed by atoms with Gasteiger partial charge in [0.15, 0.2) is 0 Å². The number of ether oxygens (including phenoxy) is 3. The van der Waals surface area contributed by atoms with Gasteiger partial charge in [-0.05, 0) is 12.1 Å². The third-order valence-electron chi connectivity index (χ3n) is 2.41. The molecule has 1 rings (SSSR count). The second kappa shape index (κ2) is 7.72. The fourth-order valence-corrected chi connectivity index (χ4v) is 1.47. The lowest BCUT2D eigenvalue weighted by atomic mass is 10.2. The van der Waals surface area contributed by atoms with Crippen molar-refractivity contribution in [2.45, 2.75) is 6.18 Å². The Morgan fingerprint density at radius 2 is 1.71 bits per heavy atom. The molecule has 0 aliphatic carbocycles. The van der Waals surface area contributed by atoms with E-state index in [0.717, 1.165) is 0 Å². The highest BCUT2D eigenvalue weighted by Gasteiger charge is 2.27. The number of carbonyl (C=O) groups excluding carboxylic acids is 1. The summed E-state index contributed by atoms with van der Waals surface area (Å²) in [4.78, 5) is 11.8. The molecule has 8 heteroatoms. The summed E-state index contributed by atoms with van der Waals surface area (Å²) >= 11 is 0. The van der Waals surface area contributed by atoms with Crippen LogP contribution in [-0.2, 0) is 4.74 Å². The molecule has 0 bridgehead atoms. The topological polar surface area (TPSA) is 56.8 Å². The van der Waals surface area contributed by atoms with Crippen LogP contribution in [0, 0.1) is 0 Å². The number of nitrogens with one attached hydrogen (secondary N) is 1. The van der Waals surface area contributed by atoms with Crippen molar-refractivity contribution in [3.05, 3.63) is 23.8 Å². The fourth-order valence-electron chi connectivity index (χ4n) is 1.47. The minimum Gasteiger partial charge on any atom is -0.497 e. The van der Waals surface area contributed by atoms with E-state index in [9.17, 15) is 18.0 Å². The number of methoxy groups -OCH3 is 2. The molecule has 0 fully saturated rings. The summed E-state index contributed by atoms with van der Waals surface area (Å²) in [6, 6.07) is 4.59. The van der Waals surface area contributed by atoms with Gasteiger partial charge in [0, 0.05) is 18.2 Å². The van der Waals surface area contributed by atoms with Gasteiger partial charge >= 0.3 is 6.18 Å². The second-order valence-corrected chi connectivity index (χ2v) is 4.03. The molecule has 0 spiro atoms. The van der Waals surface area contributed by atoms with Crippen molar-refractivity contribution in [1.82, 2.24) is 5.32 Å². The van der Waals surface area contributed by atoms with Crippen LogP contribution in [0.15, 0.2) is 18.2 Å². The van der Waals surface area contributed by atoms with Crippen LogP contribution in [0.4, 0.5) is 13.2 Å². The van der Waals surface area contributed by atoms with Gasteiger partial charge in [0.25, 0.3) is 5.91 Å². The molecule has 0 aliphatic rings. The summed E-state index contributed by atoms with van der Waals surface area (Å²) in [7, 11) is 2.89. The van der Waals surface area contributed by atoms with Crippen molar-refractivity contribution in [2.75, 3.05) is 34.0 Å². The van der Waals surface area contributed by atoms with Gasteiger partial charge in [-0.2, -0.15) is 13.2 Å². The molecule has 0 aromatic heterocycles. The average Bonchev–Trinajstić information content (AvgIpc) is 2.44. The molecule has 0 radical (unpaired) electrons. The highest BCUT2D eigenvalue weighted by Crippen LogP contribution is 2.22. The second-order valence-electron chi connectivity index (χ2n) is 4.03. The summed E-state index contributed by atoms with van der Waals surface area (Å²) in [6.45, 7) is -1.60. The predicted octanol–water partition coefficient (Wildman–Crippen LogP) is 2.01. The van der Waals surface area contributed by atoms with Crippen molar-refractivity contribution < 1.29 is 32.2 Å². The zero-order valence-electron chi connectivity index (χ0n) is 11.6. The Hall–Kier alpha value is -1.96. The van der Waals surface area contributed by atoms with Crippen LogP contribution >= 0.6 is 0 Å². The summed E-state index contributed by atoms with van der Waals surface area (Å²) in [5.74, 6) is 0.420. The van der Waals surface area contributed by atoms with Gasteiger partial charge in [-0.3, -0.25) is 4.79 Å². The average molecular weight is 307 g/mol. The SMILES string of the molecule is COc1cc(OC)cc(C(=O)NCCOCC(F)(F)F)c1. The number of hydrogen-bond acceptors (Lipinski definition) is 4. The maximum absolute atomic E-state index is 11.8. The lowest BCUT2D eigenvalue weighted by Crippen LogP contribution is -2.28. The number of carbonyl (C=O) groups is 1. The lowest BCUT2D eigenvalue weighted by Gasteiger charge is -2.10. The summed E-state index contributed by atoms with van der Waals surface area (Å²) in [5, 5.41) is 2.45. The van der Waals surface area contributed by atoms with Crippen molar-refractivity contribution in [3.63, 3.8) is 0 Å².